The van der Waals surface area contributed by atoms with Crippen LogP contribution < -0.4 is 10.1 Å². The van der Waals surface area contributed by atoms with Gasteiger partial charge in [-0.05, 0) is 42.9 Å². The number of carbonyl (C=O) groups is 1. The summed E-state index contributed by atoms with van der Waals surface area (Å²) in [6.45, 7) is 10.6. The van der Waals surface area contributed by atoms with Gasteiger partial charge in [0.1, 0.15) is 24.0 Å². The minimum atomic E-state index is -0.518. The second-order valence-corrected chi connectivity index (χ2v) is 8.55. The van der Waals surface area contributed by atoms with E-state index in [2.05, 4.69) is 22.9 Å². The Morgan fingerprint density at radius 1 is 1.30 bits per heavy atom. The summed E-state index contributed by atoms with van der Waals surface area (Å²) in [5.41, 5.74) is 0.675. The Morgan fingerprint density at radius 2 is 2.00 bits per heavy atom. The number of para-hydroxylation sites is 1. The van der Waals surface area contributed by atoms with Gasteiger partial charge in [-0.3, -0.25) is 0 Å². The average molecular weight is 481 g/mol. The van der Waals surface area contributed by atoms with Crippen molar-refractivity contribution in [2.75, 3.05) is 33.3 Å². The first-order valence-corrected chi connectivity index (χ1v) is 11.3. The molecule has 1 aromatic carbocycles. The second kappa shape index (κ2) is 14.9. The quantitative estimate of drug-likeness (QED) is 0.322. The zero-order valence-electron chi connectivity index (χ0n) is 20.0. The summed E-state index contributed by atoms with van der Waals surface area (Å²) in [5.74, 6) is 0.609. The maximum absolute atomic E-state index is 13.9. The lowest BCUT2D eigenvalue weighted by Crippen LogP contribution is -2.53. The van der Waals surface area contributed by atoms with Crippen molar-refractivity contribution >= 4 is 18.7 Å². The SMILES string of the molecule is C=C/C=C\C(F)=C\NCC1(OC(C=O)C(C)C)CCN(CCc2ccccc2OC)CC1.Cl. The molecule has 1 saturated heterocycles. The molecule has 0 bridgehead atoms. The Labute approximate surface area is 204 Å². The number of benzene rings is 1. The molecule has 1 aromatic rings. The highest BCUT2D eigenvalue weighted by molar-refractivity contribution is 5.85. The van der Waals surface area contributed by atoms with Gasteiger partial charge in [0.05, 0.1) is 12.7 Å². The first-order chi connectivity index (χ1) is 15.4. The van der Waals surface area contributed by atoms with Gasteiger partial charge in [-0.2, -0.15) is 0 Å². The fourth-order valence-electron chi connectivity index (χ4n) is 3.86. The smallest absolute Gasteiger partial charge is 0.149 e. The Bertz CT molecular complexity index is 789. The van der Waals surface area contributed by atoms with E-state index in [0.29, 0.717) is 6.54 Å². The third kappa shape index (κ3) is 9.32. The van der Waals surface area contributed by atoms with Crippen LogP contribution in [0.15, 0.2) is 61.1 Å². The van der Waals surface area contributed by atoms with Gasteiger partial charge in [0.25, 0.3) is 0 Å². The molecule has 2 rings (SSSR count). The van der Waals surface area contributed by atoms with Gasteiger partial charge in [0.15, 0.2) is 0 Å². The number of likely N-dealkylation sites (tertiary alicyclic amines) is 1. The highest BCUT2D eigenvalue weighted by Crippen LogP contribution is 2.29. The van der Waals surface area contributed by atoms with Gasteiger partial charge in [-0.1, -0.05) is 50.8 Å². The van der Waals surface area contributed by atoms with Crippen molar-refractivity contribution < 1.29 is 18.7 Å². The Kier molecular flexibility index (Phi) is 13.0. The average Bonchev–Trinajstić information content (AvgIpc) is 2.81. The third-order valence-corrected chi connectivity index (χ3v) is 5.89. The first kappa shape index (κ1) is 28.9. The molecule has 0 aromatic heterocycles. The number of allylic oxidation sites excluding steroid dienone is 4. The summed E-state index contributed by atoms with van der Waals surface area (Å²) in [6, 6.07) is 8.09. The molecule has 0 aliphatic carbocycles. The lowest BCUT2D eigenvalue weighted by atomic mass is 9.89. The topological polar surface area (TPSA) is 50.8 Å². The molecule has 33 heavy (non-hydrogen) atoms. The zero-order valence-corrected chi connectivity index (χ0v) is 20.8. The fourth-order valence-corrected chi connectivity index (χ4v) is 3.86. The largest absolute Gasteiger partial charge is 0.496 e. The predicted molar refractivity (Wildman–Crippen MR) is 135 cm³/mol. The van der Waals surface area contributed by atoms with Crippen LogP contribution in [0.1, 0.15) is 32.3 Å². The van der Waals surface area contributed by atoms with E-state index in [1.54, 1.807) is 13.2 Å². The van der Waals surface area contributed by atoms with Crippen molar-refractivity contribution in [3.05, 3.63) is 66.7 Å². The molecule has 1 atom stereocenters. The van der Waals surface area contributed by atoms with E-state index in [-0.39, 0.29) is 24.2 Å². The Morgan fingerprint density at radius 3 is 2.61 bits per heavy atom. The van der Waals surface area contributed by atoms with Crippen molar-refractivity contribution in [3.8, 4) is 5.75 Å². The van der Waals surface area contributed by atoms with Crippen LogP contribution in [0.3, 0.4) is 0 Å². The van der Waals surface area contributed by atoms with E-state index in [1.807, 2.05) is 32.0 Å². The Hall–Kier alpha value is -2.15. The lowest BCUT2D eigenvalue weighted by molar-refractivity contribution is -0.149. The highest BCUT2D eigenvalue weighted by atomic mass is 35.5. The number of halogens is 2. The highest BCUT2D eigenvalue weighted by Gasteiger charge is 2.38. The Balaban J connectivity index is 0.00000544. The third-order valence-electron chi connectivity index (χ3n) is 5.89. The van der Waals surface area contributed by atoms with Crippen molar-refractivity contribution in [2.24, 2.45) is 5.92 Å². The van der Waals surface area contributed by atoms with Crippen LogP contribution in [0.4, 0.5) is 4.39 Å². The molecule has 1 heterocycles. The summed E-state index contributed by atoms with van der Waals surface area (Å²) in [7, 11) is 1.70. The monoisotopic (exact) mass is 480 g/mol. The number of hydrogen-bond donors (Lipinski definition) is 1. The lowest BCUT2D eigenvalue weighted by Gasteiger charge is -2.43. The fraction of sp³-hybridized carbons (Fsp3) is 0.500. The minimum Gasteiger partial charge on any atom is -0.496 e. The number of hydrogen-bond acceptors (Lipinski definition) is 5. The molecule has 1 unspecified atom stereocenters. The van der Waals surface area contributed by atoms with E-state index in [9.17, 15) is 9.18 Å². The first-order valence-electron chi connectivity index (χ1n) is 11.3. The van der Waals surface area contributed by atoms with Gasteiger partial charge in [0, 0.05) is 32.4 Å². The minimum absolute atomic E-state index is 0. The number of rotatable bonds is 13. The summed E-state index contributed by atoms with van der Waals surface area (Å²) in [4.78, 5) is 14.0. The van der Waals surface area contributed by atoms with E-state index in [1.165, 1.54) is 23.9 Å². The van der Waals surface area contributed by atoms with Crippen LogP contribution in [-0.4, -0.2) is 56.2 Å². The number of nitrogens with one attached hydrogen (secondary N) is 1. The van der Waals surface area contributed by atoms with Crippen molar-refractivity contribution in [3.63, 3.8) is 0 Å². The van der Waals surface area contributed by atoms with E-state index in [4.69, 9.17) is 9.47 Å². The number of ether oxygens (including phenoxy) is 2. The molecule has 0 saturated carbocycles. The van der Waals surface area contributed by atoms with Crippen LogP contribution in [0.5, 0.6) is 5.75 Å². The van der Waals surface area contributed by atoms with E-state index < -0.39 is 11.7 Å². The number of nitrogens with zero attached hydrogens (tertiary/aromatic N) is 1. The summed E-state index contributed by atoms with van der Waals surface area (Å²) in [6.07, 6.45) is 8.58. The van der Waals surface area contributed by atoms with Crippen LogP contribution in [0.25, 0.3) is 0 Å². The van der Waals surface area contributed by atoms with Crippen molar-refractivity contribution in [1.82, 2.24) is 10.2 Å². The van der Waals surface area contributed by atoms with Gasteiger partial charge in [-0.25, -0.2) is 4.39 Å². The number of piperidine rings is 1. The summed E-state index contributed by atoms with van der Waals surface area (Å²) < 4.78 is 25.7. The van der Waals surface area contributed by atoms with Crippen molar-refractivity contribution in [2.45, 2.75) is 44.8 Å². The molecular formula is C26H38ClFN2O3. The van der Waals surface area contributed by atoms with Crippen LogP contribution in [0.2, 0.25) is 0 Å². The van der Waals surface area contributed by atoms with Gasteiger partial charge >= 0.3 is 0 Å². The van der Waals surface area contributed by atoms with Crippen LogP contribution in [-0.2, 0) is 16.0 Å². The van der Waals surface area contributed by atoms with Gasteiger partial charge in [-0.15, -0.1) is 12.4 Å². The molecule has 5 nitrogen and oxygen atoms in total. The summed E-state index contributed by atoms with van der Waals surface area (Å²) >= 11 is 0. The molecule has 7 heteroatoms. The van der Waals surface area contributed by atoms with E-state index in [0.717, 1.165) is 50.9 Å². The second-order valence-electron chi connectivity index (χ2n) is 8.55. The number of carbonyl (C=O) groups excluding carboxylic acids is 1. The van der Waals surface area contributed by atoms with Gasteiger partial charge < -0.3 is 24.5 Å². The molecular weight excluding hydrogens is 443 g/mol. The molecule has 1 fully saturated rings. The van der Waals surface area contributed by atoms with E-state index >= 15 is 0 Å². The number of methoxy groups -OCH3 is 1. The van der Waals surface area contributed by atoms with Crippen LogP contribution >= 0.6 is 12.4 Å². The standard InChI is InChI=1S/C26H37FN2O3.ClH/c1-5-6-10-23(27)18-28-20-26(32-25(19-30)21(2)3)13-16-29(17-14-26)15-12-22-9-7-8-11-24(22)31-4;/h5-11,18-19,21,25,28H,1,12-17,20H2,2-4H3;1H/b10-6-,23-18-;. The van der Waals surface area contributed by atoms with Crippen LogP contribution in [0, 0.1) is 5.92 Å². The molecule has 184 valence electrons. The molecule has 0 amide bonds. The molecule has 0 radical (unpaired) electrons. The normalized spacial score (nSPS) is 17.4. The molecule has 1 aliphatic heterocycles. The van der Waals surface area contributed by atoms with Crippen molar-refractivity contribution in [1.29, 1.82) is 0 Å². The maximum Gasteiger partial charge on any atom is 0.149 e. The zero-order chi connectivity index (χ0) is 23.4. The van der Waals surface area contributed by atoms with Gasteiger partial charge in [0.2, 0.25) is 0 Å². The predicted octanol–water partition coefficient (Wildman–Crippen LogP) is 4.88. The number of aldehydes is 1. The molecule has 1 aliphatic rings. The summed E-state index contributed by atoms with van der Waals surface area (Å²) in [5, 5.41) is 3.06. The maximum atomic E-state index is 13.9. The molecule has 0 spiro atoms. The molecule has 1 N–H and O–H groups in total.